The molecule has 2 aliphatic rings. The third-order valence-corrected chi connectivity index (χ3v) is 5.26. The third-order valence-electron chi connectivity index (χ3n) is 5.26. The van der Waals surface area contributed by atoms with Gasteiger partial charge in [-0.25, -0.2) is 0 Å². The molecule has 1 aliphatic carbocycles. The average Bonchev–Trinajstić information content (AvgIpc) is 2.93. The van der Waals surface area contributed by atoms with Crippen LogP contribution in [0.1, 0.15) is 59.8 Å². The minimum Gasteiger partial charge on any atom is -0.469 e. The molecule has 4 nitrogen and oxygen atoms in total. The molecule has 1 unspecified atom stereocenters. The van der Waals surface area contributed by atoms with Gasteiger partial charge in [0.2, 0.25) is 0 Å². The molecule has 0 aromatic rings. The van der Waals surface area contributed by atoms with E-state index >= 15 is 0 Å². The third kappa shape index (κ3) is 3.04. The summed E-state index contributed by atoms with van der Waals surface area (Å²) in [6.45, 7) is 8.21. The van der Waals surface area contributed by atoms with E-state index in [2.05, 4.69) is 27.7 Å². The van der Waals surface area contributed by atoms with Gasteiger partial charge in [-0.2, -0.15) is 0 Å². The molecule has 1 saturated carbocycles. The first kappa shape index (κ1) is 15.8. The maximum atomic E-state index is 11.7. The van der Waals surface area contributed by atoms with Gasteiger partial charge < -0.3 is 14.0 Å². The molecule has 1 atom stereocenters. The number of carbonyl (C=O) groups is 1. The van der Waals surface area contributed by atoms with E-state index in [1.54, 1.807) is 0 Å². The standard InChI is InChI=1S/C15H27BO4/c1-14(2)15(3,4)20-16(19-14)12(10-13(17)18-5)11-8-6-7-9-11/h11-12H,6-10H2,1-5H3. The molecule has 0 amide bonds. The van der Waals surface area contributed by atoms with Crippen molar-refractivity contribution in [3.05, 3.63) is 0 Å². The quantitative estimate of drug-likeness (QED) is 0.586. The molecule has 0 bridgehead atoms. The molecule has 0 N–H and O–H groups in total. The zero-order valence-electron chi connectivity index (χ0n) is 13.4. The summed E-state index contributed by atoms with van der Waals surface area (Å²) in [5.41, 5.74) is -0.685. The van der Waals surface area contributed by atoms with E-state index in [0.717, 1.165) is 12.8 Å². The Labute approximate surface area is 122 Å². The van der Waals surface area contributed by atoms with Crippen molar-refractivity contribution in [1.82, 2.24) is 0 Å². The average molecular weight is 282 g/mol. The van der Waals surface area contributed by atoms with E-state index in [-0.39, 0.29) is 30.1 Å². The summed E-state index contributed by atoms with van der Waals surface area (Å²) in [6.07, 6.45) is 5.18. The summed E-state index contributed by atoms with van der Waals surface area (Å²) in [6, 6.07) is 0. The van der Waals surface area contributed by atoms with Crippen LogP contribution in [0.25, 0.3) is 0 Å². The van der Waals surface area contributed by atoms with Crippen LogP contribution in [0.5, 0.6) is 0 Å². The minimum absolute atomic E-state index is 0.103. The topological polar surface area (TPSA) is 44.8 Å². The summed E-state index contributed by atoms with van der Waals surface area (Å²) >= 11 is 0. The molecule has 2 rings (SSSR count). The Morgan fingerprint density at radius 2 is 1.70 bits per heavy atom. The van der Waals surface area contributed by atoms with Gasteiger partial charge in [-0.1, -0.05) is 25.7 Å². The number of ether oxygens (including phenoxy) is 1. The smallest absolute Gasteiger partial charge is 0.462 e. The zero-order chi connectivity index (χ0) is 15.0. The first-order chi connectivity index (χ1) is 9.27. The Balaban J connectivity index is 2.13. The Bertz CT molecular complexity index is 345. The highest BCUT2D eigenvalue weighted by Crippen LogP contribution is 2.46. The van der Waals surface area contributed by atoms with Gasteiger partial charge >= 0.3 is 13.1 Å². The lowest BCUT2D eigenvalue weighted by atomic mass is 9.62. The molecule has 0 spiro atoms. The van der Waals surface area contributed by atoms with Crippen LogP contribution in [-0.4, -0.2) is 31.4 Å². The molecule has 1 heterocycles. The van der Waals surface area contributed by atoms with Gasteiger partial charge in [0.1, 0.15) is 0 Å². The second-order valence-electron chi connectivity index (χ2n) is 7.11. The zero-order valence-corrected chi connectivity index (χ0v) is 13.4. The normalized spacial score (nSPS) is 26.8. The molecular weight excluding hydrogens is 255 g/mol. The summed E-state index contributed by atoms with van der Waals surface area (Å²) in [5, 5.41) is 0. The van der Waals surface area contributed by atoms with Gasteiger partial charge in [0.25, 0.3) is 0 Å². The van der Waals surface area contributed by atoms with Crippen molar-refractivity contribution < 1.29 is 18.8 Å². The number of esters is 1. The van der Waals surface area contributed by atoms with Crippen LogP contribution >= 0.6 is 0 Å². The number of hydrogen-bond donors (Lipinski definition) is 0. The highest BCUT2D eigenvalue weighted by molar-refractivity contribution is 6.48. The second kappa shape index (κ2) is 5.68. The van der Waals surface area contributed by atoms with Gasteiger partial charge in [0.05, 0.1) is 18.3 Å². The van der Waals surface area contributed by atoms with Gasteiger partial charge in [-0.3, -0.25) is 4.79 Å². The highest BCUT2D eigenvalue weighted by atomic mass is 16.7. The molecule has 114 valence electrons. The molecule has 2 fully saturated rings. The van der Waals surface area contributed by atoms with Crippen LogP contribution in [0.4, 0.5) is 0 Å². The number of methoxy groups -OCH3 is 1. The predicted molar refractivity (Wildman–Crippen MR) is 78.4 cm³/mol. The van der Waals surface area contributed by atoms with Gasteiger partial charge in [0.15, 0.2) is 0 Å². The van der Waals surface area contributed by atoms with Crippen molar-refractivity contribution in [1.29, 1.82) is 0 Å². The fourth-order valence-corrected chi connectivity index (χ4v) is 3.21. The van der Waals surface area contributed by atoms with Crippen molar-refractivity contribution in [3.63, 3.8) is 0 Å². The van der Waals surface area contributed by atoms with Crippen LogP contribution in [0.2, 0.25) is 5.82 Å². The van der Waals surface area contributed by atoms with E-state index in [1.165, 1.54) is 20.0 Å². The molecule has 1 aliphatic heterocycles. The van der Waals surface area contributed by atoms with Crippen molar-refractivity contribution in [2.45, 2.75) is 76.8 Å². The summed E-state index contributed by atoms with van der Waals surface area (Å²) < 4.78 is 17.2. The first-order valence-corrected chi connectivity index (χ1v) is 7.69. The second-order valence-corrected chi connectivity index (χ2v) is 7.11. The molecule has 0 radical (unpaired) electrons. The van der Waals surface area contributed by atoms with E-state index in [1.807, 2.05) is 0 Å². The fraction of sp³-hybridized carbons (Fsp3) is 0.933. The highest BCUT2D eigenvalue weighted by Gasteiger charge is 2.55. The van der Waals surface area contributed by atoms with Gasteiger partial charge in [0, 0.05) is 12.2 Å². The van der Waals surface area contributed by atoms with Crippen LogP contribution in [-0.2, 0) is 18.8 Å². The summed E-state index contributed by atoms with van der Waals surface area (Å²) in [7, 11) is 1.14. The van der Waals surface area contributed by atoms with Gasteiger partial charge in [-0.15, -0.1) is 0 Å². The maximum absolute atomic E-state index is 11.7. The first-order valence-electron chi connectivity index (χ1n) is 7.69. The largest absolute Gasteiger partial charge is 0.469 e. The fourth-order valence-electron chi connectivity index (χ4n) is 3.21. The Morgan fingerprint density at radius 1 is 1.20 bits per heavy atom. The molecular formula is C15H27BO4. The van der Waals surface area contributed by atoms with E-state index in [0.29, 0.717) is 12.3 Å². The Morgan fingerprint density at radius 3 is 2.15 bits per heavy atom. The molecule has 0 aromatic carbocycles. The molecule has 0 aromatic heterocycles. The van der Waals surface area contributed by atoms with Crippen LogP contribution in [0.15, 0.2) is 0 Å². The van der Waals surface area contributed by atoms with Crippen molar-refractivity contribution in [2.24, 2.45) is 5.92 Å². The van der Waals surface area contributed by atoms with Crippen molar-refractivity contribution >= 4 is 13.1 Å². The predicted octanol–water partition coefficient (Wildman–Crippen LogP) is 3.20. The number of carbonyl (C=O) groups excluding carboxylic acids is 1. The summed E-state index contributed by atoms with van der Waals surface area (Å²) in [4.78, 5) is 11.7. The molecule has 5 heteroatoms. The van der Waals surface area contributed by atoms with Crippen molar-refractivity contribution in [2.75, 3.05) is 7.11 Å². The maximum Gasteiger partial charge on any atom is 0.462 e. The van der Waals surface area contributed by atoms with Crippen LogP contribution in [0, 0.1) is 5.92 Å². The number of rotatable bonds is 4. The lowest BCUT2D eigenvalue weighted by molar-refractivity contribution is -0.141. The minimum atomic E-state index is -0.343. The summed E-state index contributed by atoms with van der Waals surface area (Å²) in [5.74, 6) is 0.436. The SMILES string of the molecule is COC(=O)CC(B1OC(C)(C)C(C)(C)O1)C1CCCC1. The van der Waals surface area contributed by atoms with Crippen LogP contribution in [0.3, 0.4) is 0 Å². The Hall–Kier alpha value is -0.545. The molecule has 20 heavy (non-hydrogen) atoms. The Kier molecular flexibility index (Phi) is 4.50. The van der Waals surface area contributed by atoms with E-state index in [9.17, 15) is 4.79 Å². The molecule has 1 saturated heterocycles. The monoisotopic (exact) mass is 282 g/mol. The lowest BCUT2D eigenvalue weighted by Gasteiger charge is -2.32. The van der Waals surface area contributed by atoms with Crippen LogP contribution < -0.4 is 0 Å². The van der Waals surface area contributed by atoms with Crippen molar-refractivity contribution in [3.8, 4) is 0 Å². The lowest BCUT2D eigenvalue weighted by Crippen LogP contribution is -2.41. The van der Waals surface area contributed by atoms with E-state index in [4.69, 9.17) is 14.0 Å². The van der Waals surface area contributed by atoms with E-state index < -0.39 is 0 Å². The van der Waals surface area contributed by atoms with Gasteiger partial charge in [-0.05, 0) is 33.6 Å². The number of hydrogen-bond acceptors (Lipinski definition) is 4.